The molecular weight excluding hydrogens is 450 g/mol. The number of aromatic nitrogens is 2. The highest BCUT2D eigenvalue weighted by Crippen LogP contribution is 2.37. The van der Waals surface area contributed by atoms with E-state index in [4.69, 9.17) is 22.1 Å². The number of carbonyl (C=O) groups excluding carboxylic acids is 1. The summed E-state index contributed by atoms with van der Waals surface area (Å²) in [5.74, 6) is 0.768. The van der Waals surface area contributed by atoms with Crippen LogP contribution < -0.4 is 4.74 Å². The molecule has 1 aliphatic rings. The van der Waals surface area contributed by atoms with Crippen molar-refractivity contribution < 1.29 is 9.53 Å². The Balaban J connectivity index is 1.81. The van der Waals surface area contributed by atoms with Crippen LogP contribution in [0.5, 0.6) is 5.75 Å². The summed E-state index contributed by atoms with van der Waals surface area (Å²) in [6, 6.07) is 16.0. The van der Waals surface area contributed by atoms with Crippen molar-refractivity contribution >= 4 is 40.3 Å². The normalized spacial score (nSPS) is 15.4. The molecule has 2 aromatic carbocycles. The zero-order valence-electron chi connectivity index (χ0n) is 19.4. The fourth-order valence-electron chi connectivity index (χ4n) is 3.73. The molecule has 0 spiro atoms. The second kappa shape index (κ2) is 9.53. The number of hydrogen-bond donors (Lipinski definition) is 0. The van der Waals surface area contributed by atoms with Crippen LogP contribution in [0.1, 0.15) is 38.8 Å². The number of benzene rings is 2. The van der Waals surface area contributed by atoms with Crippen molar-refractivity contribution in [3.8, 4) is 22.7 Å². The third-order valence-electron chi connectivity index (χ3n) is 5.21. The lowest BCUT2D eigenvalue weighted by Gasteiger charge is -2.18. The van der Waals surface area contributed by atoms with Crippen LogP contribution in [0.15, 0.2) is 59.6 Å². The molecule has 7 heteroatoms. The molecule has 4 rings (SSSR count). The summed E-state index contributed by atoms with van der Waals surface area (Å²) in [6.45, 7) is 10.0. The molecule has 33 heavy (non-hydrogen) atoms. The maximum absolute atomic E-state index is 13.0. The topological polar surface area (TPSA) is 47.4 Å². The largest absolute Gasteiger partial charge is 0.491 e. The van der Waals surface area contributed by atoms with Crippen LogP contribution in [0.25, 0.3) is 23.0 Å². The molecule has 2 heterocycles. The standard InChI is InChI=1S/C26H27N3O2S2/c1-16(2)29-25(30)23(33-26(29)32)14-19-15-28(20-9-7-6-8-10-20)27-24(19)22-12-11-21(13-18(22)5)31-17(3)4/h6-17H,1-5H3. The Morgan fingerprint density at radius 2 is 1.82 bits per heavy atom. The SMILES string of the molecule is Cc1cc(OC(C)C)ccc1-c1nn(-c2ccccc2)cc1C=C1SC(=S)N(C(C)C)C1=O. The molecule has 1 aromatic heterocycles. The van der Waals surface area contributed by atoms with Crippen LogP contribution in [0, 0.1) is 6.92 Å². The first-order valence-corrected chi connectivity index (χ1v) is 12.2. The van der Waals surface area contributed by atoms with Gasteiger partial charge in [-0.25, -0.2) is 4.68 Å². The highest BCUT2D eigenvalue weighted by Gasteiger charge is 2.34. The first-order valence-electron chi connectivity index (χ1n) is 10.9. The van der Waals surface area contributed by atoms with Gasteiger partial charge in [-0.05, 0) is 76.6 Å². The van der Waals surface area contributed by atoms with Crippen molar-refractivity contribution in [3.05, 3.63) is 70.8 Å². The molecule has 0 N–H and O–H groups in total. The van der Waals surface area contributed by atoms with Crippen molar-refractivity contribution in [2.45, 2.75) is 46.8 Å². The van der Waals surface area contributed by atoms with Gasteiger partial charge in [0.25, 0.3) is 5.91 Å². The maximum atomic E-state index is 13.0. The number of rotatable bonds is 6. The predicted octanol–water partition coefficient (Wildman–Crippen LogP) is 6.24. The lowest BCUT2D eigenvalue weighted by Crippen LogP contribution is -2.34. The van der Waals surface area contributed by atoms with Crippen LogP contribution in [0.3, 0.4) is 0 Å². The van der Waals surface area contributed by atoms with E-state index in [2.05, 4.69) is 0 Å². The van der Waals surface area contributed by atoms with Crippen molar-refractivity contribution in [2.24, 2.45) is 0 Å². The van der Waals surface area contributed by atoms with Gasteiger partial charge < -0.3 is 4.74 Å². The van der Waals surface area contributed by atoms with Gasteiger partial charge in [0.1, 0.15) is 15.8 Å². The van der Waals surface area contributed by atoms with E-state index >= 15 is 0 Å². The molecule has 1 aliphatic heterocycles. The monoisotopic (exact) mass is 477 g/mol. The quantitative estimate of drug-likeness (QED) is 0.310. The molecule has 1 saturated heterocycles. The van der Waals surface area contributed by atoms with Crippen LogP contribution in [0.2, 0.25) is 0 Å². The zero-order chi connectivity index (χ0) is 23.7. The summed E-state index contributed by atoms with van der Waals surface area (Å²) in [4.78, 5) is 15.3. The highest BCUT2D eigenvalue weighted by molar-refractivity contribution is 8.26. The molecule has 0 radical (unpaired) electrons. The molecule has 1 amide bonds. The number of thioether (sulfide) groups is 1. The van der Waals surface area contributed by atoms with E-state index in [9.17, 15) is 4.79 Å². The van der Waals surface area contributed by atoms with Gasteiger partial charge in [-0.1, -0.05) is 42.2 Å². The van der Waals surface area contributed by atoms with Gasteiger partial charge >= 0.3 is 0 Å². The van der Waals surface area contributed by atoms with Crippen LogP contribution in [-0.2, 0) is 4.79 Å². The lowest BCUT2D eigenvalue weighted by molar-refractivity contribution is -0.123. The number of ether oxygens (including phenoxy) is 1. The number of carbonyl (C=O) groups is 1. The van der Waals surface area contributed by atoms with E-state index in [1.807, 2.05) is 100 Å². The second-order valence-corrected chi connectivity index (χ2v) is 10.2. The molecule has 0 bridgehead atoms. The minimum absolute atomic E-state index is 0.0191. The third kappa shape index (κ3) is 4.89. The average Bonchev–Trinajstić information content (AvgIpc) is 3.29. The summed E-state index contributed by atoms with van der Waals surface area (Å²) in [5, 5.41) is 4.91. The Hall–Kier alpha value is -2.90. The van der Waals surface area contributed by atoms with Gasteiger partial charge in [-0.15, -0.1) is 0 Å². The summed E-state index contributed by atoms with van der Waals surface area (Å²) < 4.78 is 8.29. The van der Waals surface area contributed by atoms with Crippen molar-refractivity contribution in [1.29, 1.82) is 0 Å². The summed E-state index contributed by atoms with van der Waals surface area (Å²) in [6.07, 6.45) is 3.97. The molecule has 0 aliphatic carbocycles. The van der Waals surface area contributed by atoms with Crippen LogP contribution >= 0.6 is 24.0 Å². The molecule has 3 aromatic rings. The number of thiocarbonyl (C=S) groups is 1. The van der Waals surface area contributed by atoms with E-state index in [1.54, 1.807) is 4.90 Å². The van der Waals surface area contributed by atoms with Gasteiger partial charge in [0.15, 0.2) is 0 Å². The first kappa shape index (κ1) is 23.3. The van der Waals surface area contributed by atoms with Crippen LogP contribution in [-0.4, -0.2) is 37.1 Å². The van der Waals surface area contributed by atoms with Crippen molar-refractivity contribution in [1.82, 2.24) is 14.7 Å². The number of hydrogen-bond acceptors (Lipinski definition) is 5. The van der Waals surface area contributed by atoms with Crippen molar-refractivity contribution in [2.75, 3.05) is 0 Å². The fraction of sp³-hybridized carbons (Fsp3) is 0.269. The summed E-state index contributed by atoms with van der Waals surface area (Å²) >= 11 is 6.80. The lowest BCUT2D eigenvalue weighted by atomic mass is 10.0. The smallest absolute Gasteiger partial charge is 0.266 e. The number of para-hydroxylation sites is 1. The molecule has 1 fully saturated rings. The molecule has 5 nitrogen and oxygen atoms in total. The number of aryl methyl sites for hydroxylation is 1. The number of nitrogens with zero attached hydrogens (tertiary/aromatic N) is 3. The van der Waals surface area contributed by atoms with E-state index in [1.165, 1.54) is 11.8 Å². The van der Waals surface area contributed by atoms with E-state index < -0.39 is 0 Å². The maximum Gasteiger partial charge on any atom is 0.266 e. The van der Waals surface area contributed by atoms with E-state index in [-0.39, 0.29) is 18.1 Å². The zero-order valence-corrected chi connectivity index (χ0v) is 21.0. The molecular formula is C26H27N3O2S2. The summed E-state index contributed by atoms with van der Waals surface area (Å²) in [5.41, 5.74) is 4.67. The van der Waals surface area contributed by atoms with Gasteiger partial charge in [0.2, 0.25) is 0 Å². The van der Waals surface area contributed by atoms with Crippen LogP contribution in [0.4, 0.5) is 0 Å². The Labute approximate surface area is 204 Å². The van der Waals surface area contributed by atoms with Gasteiger partial charge in [-0.2, -0.15) is 5.10 Å². The van der Waals surface area contributed by atoms with E-state index in [0.717, 1.165) is 33.8 Å². The molecule has 170 valence electrons. The third-order valence-corrected chi connectivity index (χ3v) is 6.54. The second-order valence-electron chi connectivity index (χ2n) is 8.50. The Bertz CT molecular complexity index is 1230. The highest BCUT2D eigenvalue weighted by atomic mass is 32.2. The first-order chi connectivity index (χ1) is 15.7. The Morgan fingerprint density at radius 1 is 1.09 bits per heavy atom. The van der Waals surface area contributed by atoms with Gasteiger partial charge in [0.05, 0.1) is 16.7 Å². The molecule has 0 atom stereocenters. The van der Waals surface area contributed by atoms with Gasteiger partial charge in [-0.3, -0.25) is 9.69 Å². The fourth-order valence-corrected chi connectivity index (χ4v) is 5.24. The molecule has 0 saturated carbocycles. The van der Waals surface area contributed by atoms with E-state index in [0.29, 0.717) is 9.23 Å². The molecule has 0 unspecified atom stereocenters. The number of amides is 1. The minimum Gasteiger partial charge on any atom is -0.491 e. The Morgan fingerprint density at radius 3 is 2.42 bits per heavy atom. The Kier molecular flexibility index (Phi) is 6.72. The summed E-state index contributed by atoms with van der Waals surface area (Å²) in [7, 11) is 0. The predicted molar refractivity (Wildman–Crippen MR) is 140 cm³/mol. The average molecular weight is 478 g/mol. The van der Waals surface area contributed by atoms with Gasteiger partial charge in [0, 0.05) is 23.4 Å². The minimum atomic E-state index is -0.0594. The van der Waals surface area contributed by atoms with Crippen molar-refractivity contribution in [3.63, 3.8) is 0 Å².